The van der Waals surface area contributed by atoms with E-state index in [1.165, 1.54) is 0 Å². The van der Waals surface area contributed by atoms with Gasteiger partial charge in [0.2, 0.25) is 5.91 Å². The van der Waals surface area contributed by atoms with E-state index in [0.29, 0.717) is 19.6 Å². The van der Waals surface area contributed by atoms with Crippen molar-refractivity contribution >= 4 is 11.9 Å². The SMILES string of the molecule is CCCCN(CCCC)C(=O)CN(CC)CC(C)C(=O)O. The van der Waals surface area contributed by atoms with Crippen LogP contribution in [0.3, 0.4) is 0 Å². The van der Waals surface area contributed by atoms with Gasteiger partial charge in [0.1, 0.15) is 0 Å². The molecule has 0 rings (SSSR count). The number of unbranched alkanes of at least 4 members (excludes halogenated alkanes) is 2. The predicted molar refractivity (Wildman–Crippen MR) is 85.3 cm³/mol. The lowest BCUT2D eigenvalue weighted by Gasteiger charge is -2.27. The Kier molecular flexibility index (Phi) is 10.9. The molecule has 0 aromatic rings. The Balaban J connectivity index is 4.49. The van der Waals surface area contributed by atoms with Crippen molar-refractivity contribution < 1.29 is 14.7 Å². The van der Waals surface area contributed by atoms with Gasteiger partial charge in [0.25, 0.3) is 0 Å². The Morgan fingerprint density at radius 2 is 1.57 bits per heavy atom. The van der Waals surface area contributed by atoms with Crippen molar-refractivity contribution in [3.05, 3.63) is 0 Å². The first kappa shape index (κ1) is 19.9. The molecule has 0 saturated carbocycles. The summed E-state index contributed by atoms with van der Waals surface area (Å²) < 4.78 is 0. The lowest BCUT2D eigenvalue weighted by atomic mass is 10.1. The van der Waals surface area contributed by atoms with E-state index in [1.54, 1.807) is 6.92 Å². The fraction of sp³-hybridized carbons (Fsp3) is 0.875. The largest absolute Gasteiger partial charge is 0.481 e. The van der Waals surface area contributed by atoms with Crippen molar-refractivity contribution in [2.24, 2.45) is 5.92 Å². The number of hydrogen-bond donors (Lipinski definition) is 1. The molecule has 0 aliphatic heterocycles. The van der Waals surface area contributed by atoms with Gasteiger partial charge < -0.3 is 10.0 Å². The first-order valence-electron chi connectivity index (χ1n) is 8.19. The third-order valence-electron chi connectivity index (χ3n) is 3.68. The van der Waals surface area contributed by atoms with Crippen LogP contribution < -0.4 is 0 Å². The Hall–Kier alpha value is -1.10. The Morgan fingerprint density at radius 3 is 1.95 bits per heavy atom. The van der Waals surface area contributed by atoms with Crippen LogP contribution in [0.2, 0.25) is 0 Å². The molecule has 0 aliphatic carbocycles. The fourth-order valence-corrected chi connectivity index (χ4v) is 2.12. The number of carboxylic acid groups (broad SMARTS) is 1. The molecule has 5 heteroatoms. The standard InChI is InChI=1S/C16H32N2O3/c1-5-8-10-18(11-9-6-2)15(19)13-17(7-3)12-14(4)16(20)21/h14H,5-13H2,1-4H3,(H,20,21). The van der Waals surface area contributed by atoms with Crippen molar-refractivity contribution in [1.29, 1.82) is 0 Å². The first-order valence-corrected chi connectivity index (χ1v) is 8.19. The zero-order chi connectivity index (χ0) is 16.3. The molecule has 0 spiro atoms. The highest BCUT2D eigenvalue weighted by Gasteiger charge is 2.20. The Bertz CT molecular complexity index is 300. The fourth-order valence-electron chi connectivity index (χ4n) is 2.12. The zero-order valence-corrected chi connectivity index (χ0v) is 14.1. The molecule has 0 heterocycles. The van der Waals surface area contributed by atoms with E-state index in [-0.39, 0.29) is 5.91 Å². The topological polar surface area (TPSA) is 60.9 Å². The quantitative estimate of drug-likeness (QED) is 0.601. The number of carbonyl (C=O) groups is 2. The van der Waals surface area contributed by atoms with Crippen LogP contribution in [-0.4, -0.2) is 59.5 Å². The molecule has 124 valence electrons. The van der Waals surface area contributed by atoms with Gasteiger partial charge in [-0.2, -0.15) is 0 Å². The minimum Gasteiger partial charge on any atom is -0.481 e. The third-order valence-corrected chi connectivity index (χ3v) is 3.68. The number of amides is 1. The van der Waals surface area contributed by atoms with Gasteiger partial charge in [0.15, 0.2) is 0 Å². The summed E-state index contributed by atoms with van der Waals surface area (Å²) in [6.07, 6.45) is 4.19. The van der Waals surface area contributed by atoms with E-state index >= 15 is 0 Å². The van der Waals surface area contributed by atoms with Crippen molar-refractivity contribution in [2.75, 3.05) is 32.7 Å². The summed E-state index contributed by atoms with van der Waals surface area (Å²) >= 11 is 0. The minimum absolute atomic E-state index is 0.122. The van der Waals surface area contributed by atoms with E-state index in [0.717, 1.165) is 38.8 Å². The summed E-state index contributed by atoms with van der Waals surface area (Å²) in [5.41, 5.74) is 0. The second kappa shape index (κ2) is 11.5. The summed E-state index contributed by atoms with van der Waals surface area (Å²) in [7, 11) is 0. The average molecular weight is 300 g/mol. The molecule has 0 aliphatic rings. The van der Waals surface area contributed by atoms with Crippen LogP contribution in [0, 0.1) is 5.92 Å². The molecule has 21 heavy (non-hydrogen) atoms. The number of nitrogens with zero attached hydrogens (tertiary/aromatic N) is 2. The highest BCUT2D eigenvalue weighted by Crippen LogP contribution is 2.04. The smallest absolute Gasteiger partial charge is 0.307 e. The maximum absolute atomic E-state index is 12.4. The van der Waals surface area contributed by atoms with E-state index in [9.17, 15) is 9.59 Å². The van der Waals surface area contributed by atoms with Gasteiger partial charge in [0.05, 0.1) is 12.5 Å². The van der Waals surface area contributed by atoms with Crippen LogP contribution in [0.1, 0.15) is 53.4 Å². The summed E-state index contributed by atoms with van der Waals surface area (Å²) in [6.45, 7) is 10.9. The van der Waals surface area contributed by atoms with Crippen LogP contribution in [0.25, 0.3) is 0 Å². The normalized spacial score (nSPS) is 12.4. The van der Waals surface area contributed by atoms with E-state index < -0.39 is 11.9 Å². The van der Waals surface area contributed by atoms with Gasteiger partial charge >= 0.3 is 5.97 Å². The number of aliphatic carboxylic acids is 1. The summed E-state index contributed by atoms with van der Waals surface area (Å²) in [5, 5.41) is 8.98. The van der Waals surface area contributed by atoms with E-state index in [4.69, 9.17) is 5.11 Å². The zero-order valence-electron chi connectivity index (χ0n) is 14.1. The number of rotatable bonds is 12. The van der Waals surface area contributed by atoms with Crippen LogP contribution in [0.5, 0.6) is 0 Å². The van der Waals surface area contributed by atoms with Gasteiger partial charge in [0, 0.05) is 19.6 Å². The van der Waals surface area contributed by atoms with Gasteiger partial charge in [-0.1, -0.05) is 40.5 Å². The molecule has 1 amide bonds. The molecular formula is C16H32N2O3. The molecule has 1 atom stereocenters. The molecule has 0 saturated heterocycles. The van der Waals surface area contributed by atoms with E-state index in [2.05, 4.69) is 13.8 Å². The highest BCUT2D eigenvalue weighted by atomic mass is 16.4. The van der Waals surface area contributed by atoms with Gasteiger partial charge in [-0.25, -0.2) is 0 Å². The number of carbonyl (C=O) groups excluding carboxylic acids is 1. The molecule has 1 N–H and O–H groups in total. The molecule has 0 fully saturated rings. The summed E-state index contributed by atoms with van der Waals surface area (Å²) in [4.78, 5) is 27.2. The van der Waals surface area contributed by atoms with Crippen molar-refractivity contribution in [1.82, 2.24) is 9.80 Å². The second-order valence-corrected chi connectivity index (χ2v) is 5.65. The molecule has 1 unspecified atom stereocenters. The van der Waals surface area contributed by atoms with Crippen LogP contribution in [0.4, 0.5) is 0 Å². The first-order chi connectivity index (χ1) is 9.96. The highest BCUT2D eigenvalue weighted by molar-refractivity contribution is 5.78. The molecule has 0 aromatic heterocycles. The van der Waals surface area contributed by atoms with Crippen LogP contribution in [0.15, 0.2) is 0 Å². The maximum atomic E-state index is 12.4. The Morgan fingerprint density at radius 1 is 1.05 bits per heavy atom. The second-order valence-electron chi connectivity index (χ2n) is 5.65. The summed E-state index contributed by atoms with van der Waals surface area (Å²) in [6, 6.07) is 0. The van der Waals surface area contributed by atoms with Crippen molar-refractivity contribution in [3.63, 3.8) is 0 Å². The third kappa shape index (κ3) is 8.71. The van der Waals surface area contributed by atoms with Gasteiger partial charge in [-0.05, 0) is 19.4 Å². The molecule has 5 nitrogen and oxygen atoms in total. The average Bonchev–Trinajstić information content (AvgIpc) is 2.46. The minimum atomic E-state index is -0.810. The molecule has 0 bridgehead atoms. The van der Waals surface area contributed by atoms with Crippen LogP contribution >= 0.6 is 0 Å². The molecule has 0 aromatic carbocycles. The predicted octanol–water partition coefficient (Wildman–Crippen LogP) is 2.46. The van der Waals surface area contributed by atoms with Crippen molar-refractivity contribution in [3.8, 4) is 0 Å². The number of carboxylic acids is 1. The lowest BCUT2D eigenvalue weighted by Crippen LogP contribution is -2.43. The maximum Gasteiger partial charge on any atom is 0.307 e. The molecule has 0 radical (unpaired) electrons. The number of likely N-dealkylation sites (N-methyl/N-ethyl adjacent to an activating group) is 1. The summed E-state index contributed by atoms with van der Waals surface area (Å²) in [5.74, 6) is -1.14. The lowest BCUT2D eigenvalue weighted by molar-refractivity contribution is -0.142. The Labute approximate surface area is 129 Å². The van der Waals surface area contributed by atoms with Crippen molar-refractivity contribution in [2.45, 2.75) is 53.4 Å². The van der Waals surface area contributed by atoms with Gasteiger partial charge in [-0.3, -0.25) is 14.5 Å². The molecular weight excluding hydrogens is 268 g/mol. The van der Waals surface area contributed by atoms with Gasteiger partial charge in [-0.15, -0.1) is 0 Å². The van der Waals surface area contributed by atoms with E-state index in [1.807, 2.05) is 16.7 Å². The number of hydrogen-bond acceptors (Lipinski definition) is 3. The van der Waals surface area contributed by atoms with Crippen LogP contribution in [-0.2, 0) is 9.59 Å². The monoisotopic (exact) mass is 300 g/mol.